The van der Waals surface area contributed by atoms with Crippen molar-refractivity contribution in [1.82, 2.24) is 15.2 Å². The average molecular weight is 305 g/mol. The van der Waals surface area contributed by atoms with Gasteiger partial charge in [-0.05, 0) is 18.2 Å². The van der Waals surface area contributed by atoms with Crippen LogP contribution in [0.4, 0.5) is 5.69 Å². The highest BCUT2D eigenvalue weighted by Gasteiger charge is 2.14. The molecule has 0 bridgehead atoms. The summed E-state index contributed by atoms with van der Waals surface area (Å²) in [6.45, 7) is 4.02. The first kappa shape index (κ1) is 14.3. The fourth-order valence-corrected chi connectivity index (χ4v) is 2.74. The minimum absolute atomic E-state index is 0.0360. The molecule has 1 amide bonds. The Labute approximate surface area is 128 Å². The van der Waals surface area contributed by atoms with E-state index in [2.05, 4.69) is 20.5 Å². The number of rotatable bonds is 3. The topological polar surface area (TPSA) is 57.3 Å². The first-order chi connectivity index (χ1) is 10.2. The van der Waals surface area contributed by atoms with Crippen LogP contribution in [0.5, 0.6) is 0 Å². The maximum Gasteiger partial charge on any atom is 0.238 e. The second kappa shape index (κ2) is 6.39. The van der Waals surface area contributed by atoms with E-state index in [1.165, 1.54) is 0 Å². The summed E-state index contributed by atoms with van der Waals surface area (Å²) in [5.41, 5.74) is 1.42. The Morgan fingerprint density at radius 2 is 2.19 bits per heavy atom. The molecule has 0 saturated carbocycles. The van der Waals surface area contributed by atoms with Crippen molar-refractivity contribution in [3.63, 3.8) is 0 Å². The average Bonchev–Trinajstić information content (AvgIpc) is 2.48. The summed E-state index contributed by atoms with van der Waals surface area (Å²) in [7, 11) is 0. The molecule has 21 heavy (non-hydrogen) atoms. The highest BCUT2D eigenvalue weighted by molar-refractivity contribution is 6.32. The molecular formula is C15H17ClN4O. The number of benzene rings is 1. The molecule has 1 aromatic carbocycles. The zero-order valence-electron chi connectivity index (χ0n) is 11.6. The van der Waals surface area contributed by atoms with Gasteiger partial charge in [0, 0.05) is 42.8 Å². The van der Waals surface area contributed by atoms with Crippen LogP contribution in [0.3, 0.4) is 0 Å². The predicted molar refractivity (Wildman–Crippen MR) is 84.7 cm³/mol. The molecule has 6 heteroatoms. The fourth-order valence-electron chi connectivity index (χ4n) is 2.51. The molecule has 0 spiro atoms. The Balaban J connectivity index is 1.76. The maximum absolute atomic E-state index is 12.2. The van der Waals surface area contributed by atoms with Crippen LogP contribution in [0.25, 0.3) is 10.9 Å². The van der Waals surface area contributed by atoms with Crippen LogP contribution in [-0.2, 0) is 4.79 Å². The van der Waals surface area contributed by atoms with E-state index in [4.69, 9.17) is 11.6 Å². The van der Waals surface area contributed by atoms with Gasteiger partial charge in [0.1, 0.15) is 0 Å². The zero-order chi connectivity index (χ0) is 14.7. The van der Waals surface area contributed by atoms with Crippen LogP contribution in [0.15, 0.2) is 30.5 Å². The monoisotopic (exact) mass is 304 g/mol. The second-order valence-corrected chi connectivity index (χ2v) is 5.54. The van der Waals surface area contributed by atoms with Crippen LogP contribution in [-0.4, -0.2) is 48.5 Å². The van der Waals surface area contributed by atoms with Crippen molar-refractivity contribution < 1.29 is 4.79 Å². The quantitative estimate of drug-likeness (QED) is 0.907. The molecule has 2 N–H and O–H groups in total. The van der Waals surface area contributed by atoms with E-state index in [0.29, 0.717) is 17.3 Å². The second-order valence-electron chi connectivity index (χ2n) is 5.10. The van der Waals surface area contributed by atoms with Crippen LogP contribution in [0.2, 0.25) is 5.02 Å². The first-order valence-electron chi connectivity index (χ1n) is 6.99. The smallest absolute Gasteiger partial charge is 0.238 e. The number of hydrogen-bond donors (Lipinski definition) is 2. The summed E-state index contributed by atoms with van der Waals surface area (Å²) >= 11 is 6.10. The Hall–Kier alpha value is -1.69. The molecule has 2 heterocycles. The van der Waals surface area contributed by atoms with Gasteiger partial charge in [0.15, 0.2) is 0 Å². The molecule has 0 aliphatic carbocycles. The molecule has 1 aliphatic heterocycles. The van der Waals surface area contributed by atoms with Gasteiger partial charge in [-0.3, -0.25) is 14.7 Å². The van der Waals surface area contributed by atoms with Crippen molar-refractivity contribution >= 4 is 34.1 Å². The molecular weight excluding hydrogens is 288 g/mol. The van der Waals surface area contributed by atoms with Crippen molar-refractivity contribution in [1.29, 1.82) is 0 Å². The van der Waals surface area contributed by atoms with E-state index in [-0.39, 0.29) is 5.91 Å². The Kier molecular flexibility index (Phi) is 4.34. The number of fused-ring (bicyclic) bond motifs is 1. The first-order valence-corrected chi connectivity index (χ1v) is 7.37. The number of piperazine rings is 1. The maximum atomic E-state index is 12.2. The van der Waals surface area contributed by atoms with Crippen LogP contribution >= 0.6 is 11.6 Å². The largest absolute Gasteiger partial charge is 0.323 e. The number of halogens is 1. The highest BCUT2D eigenvalue weighted by atomic mass is 35.5. The molecule has 0 atom stereocenters. The van der Waals surface area contributed by atoms with Gasteiger partial charge in [-0.1, -0.05) is 17.7 Å². The molecule has 110 valence electrons. The summed E-state index contributed by atoms with van der Waals surface area (Å²) in [6, 6.07) is 7.37. The van der Waals surface area contributed by atoms with Crippen LogP contribution in [0.1, 0.15) is 0 Å². The Morgan fingerprint density at radius 1 is 1.38 bits per heavy atom. The lowest BCUT2D eigenvalue weighted by Crippen LogP contribution is -2.46. The molecule has 1 saturated heterocycles. The summed E-state index contributed by atoms with van der Waals surface area (Å²) < 4.78 is 0. The van der Waals surface area contributed by atoms with E-state index in [1.54, 1.807) is 12.3 Å². The normalized spacial score (nSPS) is 16.0. The van der Waals surface area contributed by atoms with Gasteiger partial charge in [0.2, 0.25) is 5.91 Å². The highest BCUT2D eigenvalue weighted by Crippen LogP contribution is 2.26. The number of carbonyl (C=O) groups is 1. The number of anilines is 1. The molecule has 1 fully saturated rings. The van der Waals surface area contributed by atoms with E-state index in [0.717, 1.165) is 37.1 Å². The number of aromatic nitrogens is 1. The molecule has 2 aromatic rings. The van der Waals surface area contributed by atoms with E-state index in [9.17, 15) is 4.79 Å². The summed E-state index contributed by atoms with van der Waals surface area (Å²) in [5.74, 6) is -0.0360. The van der Waals surface area contributed by atoms with E-state index in [1.807, 2.05) is 18.2 Å². The minimum atomic E-state index is -0.0360. The minimum Gasteiger partial charge on any atom is -0.323 e. The number of amides is 1. The van der Waals surface area contributed by atoms with Crippen molar-refractivity contribution in [3.8, 4) is 0 Å². The number of nitrogens with zero attached hydrogens (tertiary/aromatic N) is 2. The lowest BCUT2D eigenvalue weighted by atomic mass is 10.2. The molecule has 0 radical (unpaired) electrons. The predicted octanol–water partition coefficient (Wildman–Crippen LogP) is 1.73. The lowest BCUT2D eigenvalue weighted by molar-refractivity contribution is -0.117. The van der Waals surface area contributed by atoms with Gasteiger partial charge >= 0.3 is 0 Å². The number of hydrogen-bond acceptors (Lipinski definition) is 4. The summed E-state index contributed by atoms with van der Waals surface area (Å²) in [6.07, 6.45) is 1.71. The van der Waals surface area contributed by atoms with Gasteiger partial charge in [0.05, 0.1) is 17.7 Å². The van der Waals surface area contributed by atoms with Crippen LogP contribution < -0.4 is 10.6 Å². The number of nitrogens with one attached hydrogen (secondary N) is 2. The third-order valence-electron chi connectivity index (χ3n) is 3.52. The molecule has 1 aliphatic rings. The number of carbonyl (C=O) groups excluding carboxylic acids is 1. The Bertz CT molecular complexity index is 655. The van der Waals surface area contributed by atoms with Crippen molar-refractivity contribution in [3.05, 3.63) is 35.5 Å². The summed E-state index contributed by atoms with van der Waals surface area (Å²) in [5, 5.41) is 7.70. The van der Waals surface area contributed by atoms with Crippen molar-refractivity contribution in [2.24, 2.45) is 0 Å². The number of pyridine rings is 1. The van der Waals surface area contributed by atoms with Crippen molar-refractivity contribution in [2.45, 2.75) is 0 Å². The van der Waals surface area contributed by atoms with Crippen LogP contribution in [0, 0.1) is 0 Å². The lowest BCUT2D eigenvalue weighted by Gasteiger charge is -2.26. The summed E-state index contributed by atoms with van der Waals surface area (Å²) in [4.78, 5) is 18.6. The van der Waals surface area contributed by atoms with Gasteiger partial charge in [-0.25, -0.2) is 0 Å². The van der Waals surface area contributed by atoms with Gasteiger partial charge in [-0.15, -0.1) is 0 Å². The van der Waals surface area contributed by atoms with E-state index < -0.39 is 0 Å². The Morgan fingerprint density at radius 3 is 3.00 bits per heavy atom. The fraction of sp³-hybridized carbons (Fsp3) is 0.333. The third kappa shape index (κ3) is 3.50. The van der Waals surface area contributed by atoms with E-state index >= 15 is 0 Å². The van der Waals surface area contributed by atoms with Crippen molar-refractivity contribution in [2.75, 3.05) is 38.0 Å². The third-order valence-corrected chi connectivity index (χ3v) is 3.74. The van der Waals surface area contributed by atoms with Gasteiger partial charge in [-0.2, -0.15) is 0 Å². The van der Waals surface area contributed by atoms with Gasteiger partial charge < -0.3 is 10.6 Å². The standard InChI is InChI=1S/C15H17ClN4O/c16-12-8-11-2-1-3-18-15(11)13(9-12)19-14(21)10-20-6-4-17-5-7-20/h1-3,8-9,17H,4-7,10H2,(H,19,21). The van der Waals surface area contributed by atoms with Gasteiger partial charge in [0.25, 0.3) is 0 Å². The zero-order valence-corrected chi connectivity index (χ0v) is 12.4. The molecule has 5 nitrogen and oxygen atoms in total. The SMILES string of the molecule is O=C(CN1CCNCC1)Nc1cc(Cl)cc2cccnc12. The molecule has 3 rings (SSSR count). The molecule has 1 aromatic heterocycles. The molecule has 0 unspecified atom stereocenters.